The summed E-state index contributed by atoms with van der Waals surface area (Å²) in [5.41, 5.74) is -0.0416. The Morgan fingerprint density at radius 1 is 1.50 bits per heavy atom. The molecule has 0 aromatic rings. The molecule has 4 nitrogen and oxygen atoms in total. The highest BCUT2D eigenvalue weighted by molar-refractivity contribution is 4.85. The number of nitrogens with one attached hydrogen (secondary N) is 1. The Hall–Kier alpha value is -0.160. The first-order chi connectivity index (χ1) is 8.46. The van der Waals surface area contributed by atoms with Gasteiger partial charge in [0.15, 0.2) is 0 Å². The Labute approximate surface area is 112 Å². The van der Waals surface area contributed by atoms with Crippen molar-refractivity contribution in [3.05, 3.63) is 0 Å². The smallest absolute Gasteiger partial charge is 0.0757 e. The predicted octanol–water partition coefficient (Wildman–Crippen LogP) is 1.50. The summed E-state index contributed by atoms with van der Waals surface area (Å²) in [5.74, 6) is 0. The van der Waals surface area contributed by atoms with Crippen LogP contribution in [0.1, 0.15) is 34.1 Å². The van der Waals surface area contributed by atoms with Gasteiger partial charge < -0.3 is 14.8 Å². The second-order valence-corrected chi connectivity index (χ2v) is 5.99. The molecule has 1 heterocycles. The van der Waals surface area contributed by atoms with Crippen LogP contribution >= 0.6 is 0 Å². The van der Waals surface area contributed by atoms with Gasteiger partial charge in [-0.15, -0.1) is 0 Å². The van der Waals surface area contributed by atoms with Crippen LogP contribution in [0.25, 0.3) is 0 Å². The van der Waals surface area contributed by atoms with E-state index >= 15 is 0 Å². The Kier molecular flexibility index (Phi) is 6.57. The predicted molar refractivity (Wildman–Crippen MR) is 75.0 cm³/mol. The van der Waals surface area contributed by atoms with Gasteiger partial charge in [0, 0.05) is 32.8 Å². The van der Waals surface area contributed by atoms with Crippen molar-refractivity contribution in [2.75, 3.05) is 39.9 Å². The molecule has 108 valence electrons. The SMILES string of the molecule is CCCNC(COC)CN1CC(C)OC(C)(C)C1. The fraction of sp³-hybridized carbons (Fsp3) is 1.00. The van der Waals surface area contributed by atoms with Gasteiger partial charge in [-0.2, -0.15) is 0 Å². The zero-order valence-electron chi connectivity index (χ0n) is 12.7. The molecule has 4 heteroatoms. The van der Waals surface area contributed by atoms with Crippen molar-refractivity contribution in [3.8, 4) is 0 Å². The second-order valence-electron chi connectivity index (χ2n) is 5.99. The average molecular weight is 258 g/mol. The highest BCUT2D eigenvalue weighted by atomic mass is 16.5. The minimum absolute atomic E-state index is 0.0416. The summed E-state index contributed by atoms with van der Waals surface area (Å²) >= 11 is 0. The normalized spacial score (nSPS) is 26.2. The van der Waals surface area contributed by atoms with Crippen molar-refractivity contribution in [2.24, 2.45) is 0 Å². The van der Waals surface area contributed by atoms with Crippen molar-refractivity contribution >= 4 is 0 Å². The lowest BCUT2D eigenvalue weighted by molar-refractivity contribution is -0.130. The van der Waals surface area contributed by atoms with Crippen LogP contribution in [0.3, 0.4) is 0 Å². The monoisotopic (exact) mass is 258 g/mol. The van der Waals surface area contributed by atoms with Crippen LogP contribution in [0.5, 0.6) is 0 Å². The van der Waals surface area contributed by atoms with Crippen molar-refractivity contribution < 1.29 is 9.47 Å². The molecule has 0 aromatic heterocycles. The lowest BCUT2D eigenvalue weighted by Crippen LogP contribution is -2.55. The third-order valence-electron chi connectivity index (χ3n) is 3.17. The maximum absolute atomic E-state index is 5.93. The number of nitrogens with zero attached hydrogens (tertiary/aromatic N) is 1. The van der Waals surface area contributed by atoms with Crippen LogP contribution in [-0.2, 0) is 9.47 Å². The van der Waals surface area contributed by atoms with Gasteiger partial charge in [-0.05, 0) is 33.7 Å². The van der Waals surface area contributed by atoms with Crippen LogP contribution in [0.4, 0.5) is 0 Å². The van der Waals surface area contributed by atoms with Gasteiger partial charge in [-0.1, -0.05) is 6.92 Å². The van der Waals surface area contributed by atoms with Gasteiger partial charge in [0.2, 0.25) is 0 Å². The van der Waals surface area contributed by atoms with Gasteiger partial charge in [0.05, 0.1) is 18.3 Å². The first-order valence-electron chi connectivity index (χ1n) is 7.09. The molecule has 1 N–H and O–H groups in total. The van der Waals surface area contributed by atoms with Crippen molar-refractivity contribution in [2.45, 2.75) is 51.9 Å². The molecule has 1 fully saturated rings. The van der Waals surface area contributed by atoms with Crippen LogP contribution in [-0.4, -0.2) is 62.5 Å². The molecule has 0 aromatic carbocycles. The number of morpholine rings is 1. The van der Waals surface area contributed by atoms with E-state index in [1.807, 2.05) is 0 Å². The molecule has 0 radical (unpaired) electrons. The molecular formula is C14H30N2O2. The topological polar surface area (TPSA) is 33.7 Å². The minimum Gasteiger partial charge on any atom is -0.383 e. The Morgan fingerprint density at radius 2 is 2.22 bits per heavy atom. The number of methoxy groups -OCH3 is 1. The van der Waals surface area contributed by atoms with Gasteiger partial charge in [0.25, 0.3) is 0 Å². The van der Waals surface area contributed by atoms with Crippen LogP contribution in [0.15, 0.2) is 0 Å². The Morgan fingerprint density at radius 3 is 2.78 bits per heavy atom. The molecule has 0 spiro atoms. The summed E-state index contributed by atoms with van der Waals surface area (Å²) in [6.45, 7) is 13.5. The summed E-state index contributed by atoms with van der Waals surface area (Å²) in [6, 6.07) is 0.413. The summed E-state index contributed by atoms with van der Waals surface area (Å²) in [4.78, 5) is 2.49. The fourth-order valence-corrected chi connectivity index (χ4v) is 2.76. The number of hydrogen-bond acceptors (Lipinski definition) is 4. The zero-order chi connectivity index (χ0) is 13.6. The molecule has 2 atom stereocenters. The molecule has 1 aliphatic rings. The fourth-order valence-electron chi connectivity index (χ4n) is 2.76. The summed E-state index contributed by atoms with van der Waals surface area (Å²) < 4.78 is 11.2. The molecule has 1 aliphatic heterocycles. The molecule has 0 aliphatic carbocycles. The van der Waals surface area contributed by atoms with E-state index in [2.05, 4.69) is 37.9 Å². The van der Waals surface area contributed by atoms with Crippen molar-refractivity contribution in [3.63, 3.8) is 0 Å². The van der Waals surface area contributed by atoms with Crippen molar-refractivity contribution in [1.29, 1.82) is 0 Å². The second kappa shape index (κ2) is 7.43. The van der Waals surface area contributed by atoms with Crippen LogP contribution in [0, 0.1) is 0 Å². The van der Waals surface area contributed by atoms with E-state index in [9.17, 15) is 0 Å². The molecule has 18 heavy (non-hydrogen) atoms. The van der Waals surface area contributed by atoms with Crippen LogP contribution in [0.2, 0.25) is 0 Å². The quantitative estimate of drug-likeness (QED) is 0.750. The summed E-state index contributed by atoms with van der Waals surface area (Å²) in [6.07, 6.45) is 1.47. The van der Waals surface area contributed by atoms with E-state index in [1.54, 1.807) is 7.11 Å². The first-order valence-corrected chi connectivity index (χ1v) is 7.09. The molecule has 0 saturated carbocycles. The summed E-state index contributed by atoms with van der Waals surface area (Å²) in [7, 11) is 1.77. The van der Waals surface area contributed by atoms with E-state index in [0.717, 1.165) is 39.2 Å². The van der Waals surface area contributed by atoms with Crippen LogP contribution < -0.4 is 5.32 Å². The average Bonchev–Trinajstić information content (AvgIpc) is 2.23. The lowest BCUT2D eigenvalue weighted by atomic mass is 10.0. The molecule has 1 saturated heterocycles. The van der Waals surface area contributed by atoms with E-state index in [0.29, 0.717) is 12.1 Å². The standard InChI is InChI=1S/C14H30N2O2/c1-6-7-15-13(10-17-5)9-16-8-12(2)18-14(3,4)11-16/h12-13,15H,6-11H2,1-5H3. The highest BCUT2D eigenvalue weighted by Gasteiger charge is 2.32. The lowest BCUT2D eigenvalue weighted by Gasteiger charge is -2.43. The van der Waals surface area contributed by atoms with E-state index in [1.165, 1.54) is 0 Å². The first kappa shape index (κ1) is 15.9. The maximum atomic E-state index is 5.93. The zero-order valence-corrected chi connectivity index (χ0v) is 12.7. The van der Waals surface area contributed by atoms with Gasteiger partial charge in [-0.3, -0.25) is 4.90 Å². The number of ether oxygens (including phenoxy) is 2. The maximum Gasteiger partial charge on any atom is 0.0757 e. The van der Waals surface area contributed by atoms with E-state index in [4.69, 9.17) is 9.47 Å². The van der Waals surface area contributed by atoms with Gasteiger partial charge in [-0.25, -0.2) is 0 Å². The third-order valence-corrected chi connectivity index (χ3v) is 3.17. The molecular weight excluding hydrogens is 228 g/mol. The number of hydrogen-bond donors (Lipinski definition) is 1. The third kappa shape index (κ3) is 5.65. The van der Waals surface area contributed by atoms with E-state index in [-0.39, 0.29) is 5.60 Å². The summed E-state index contributed by atoms with van der Waals surface area (Å²) in [5, 5.41) is 3.55. The largest absolute Gasteiger partial charge is 0.383 e. The van der Waals surface area contributed by atoms with Gasteiger partial charge in [0.1, 0.15) is 0 Å². The molecule has 2 unspecified atom stereocenters. The van der Waals surface area contributed by atoms with E-state index < -0.39 is 0 Å². The molecule has 1 rings (SSSR count). The molecule has 0 bridgehead atoms. The van der Waals surface area contributed by atoms with Crippen molar-refractivity contribution in [1.82, 2.24) is 10.2 Å². The Bertz CT molecular complexity index is 234. The number of rotatable bonds is 7. The Balaban J connectivity index is 2.46. The molecule has 0 amide bonds. The van der Waals surface area contributed by atoms with Gasteiger partial charge >= 0.3 is 0 Å². The minimum atomic E-state index is -0.0416. The highest BCUT2D eigenvalue weighted by Crippen LogP contribution is 2.20.